The zero-order chi connectivity index (χ0) is 13.7. The fraction of sp³-hybridized carbons (Fsp3) is 0.273. The Bertz CT molecular complexity index is 488. The summed E-state index contributed by atoms with van der Waals surface area (Å²) < 4.78 is 31.4. The molecule has 1 aromatic heterocycles. The van der Waals surface area contributed by atoms with E-state index in [2.05, 4.69) is 9.98 Å². The minimum atomic E-state index is -0.920. The third kappa shape index (κ3) is 3.16. The predicted molar refractivity (Wildman–Crippen MR) is 64.2 cm³/mol. The largest absolute Gasteiger partial charge is 0.481 e. The molecule has 0 amide bonds. The predicted octanol–water partition coefficient (Wildman–Crippen LogP) is 1.42. The molecule has 7 heteroatoms. The van der Waals surface area contributed by atoms with Crippen LogP contribution in [0.1, 0.15) is 18.5 Å². The number of nitrogens with zero attached hydrogens (tertiary/aromatic N) is 2. The van der Waals surface area contributed by atoms with Crippen LogP contribution in [-0.4, -0.2) is 18.1 Å². The Kier molecular flexibility index (Phi) is 4.59. The van der Waals surface area contributed by atoms with Crippen LogP contribution in [0.15, 0.2) is 29.2 Å². The first-order chi connectivity index (χ1) is 8.49. The summed E-state index contributed by atoms with van der Waals surface area (Å²) in [6.45, 7) is 1.56. The second-order valence-corrected chi connectivity index (χ2v) is 3.47. The van der Waals surface area contributed by atoms with Crippen LogP contribution in [0.4, 0.5) is 8.78 Å². The highest BCUT2D eigenvalue weighted by atomic mass is 19.1. The number of rotatable bonds is 4. The van der Waals surface area contributed by atoms with Gasteiger partial charge in [0.2, 0.25) is 11.8 Å². The molecule has 18 heavy (non-hydrogen) atoms. The quantitative estimate of drug-likeness (QED) is 0.797. The number of nitrogens with two attached hydrogens (primary N) is 2. The molecule has 5 nitrogen and oxygen atoms in total. The van der Waals surface area contributed by atoms with Gasteiger partial charge < -0.3 is 16.2 Å². The lowest BCUT2D eigenvalue weighted by Crippen LogP contribution is -2.10. The van der Waals surface area contributed by atoms with Crippen LogP contribution >= 0.6 is 0 Å². The molecule has 1 atom stereocenters. The highest BCUT2D eigenvalue weighted by molar-refractivity contribution is 5.91. The van der Waals surface area contributed by atoms with Gasteiger partial charge in [0, 0.05) is 11.8 Å². The Labute approximate surface area is 103 Å². The Hall–Kier alpha value is -2.18. The summed E-state index contributed by atoms with van der Waals surface area (Å²) in [5.74, 6) is -1.30. The second kappa shape index (κ2) is 5.95. The number of halogens is 2. The van der Waals surface area contributed by atoms with Gasteiger partial charge in [-0.25, -0.2) is 14.4 Å². The third-order valence-corrected chi connectivity index (χ3v) is 2.21. The zero-order valence-corrected chi connectivity index (χ0v) is 10.0. The fourth-order valence-corrected chi connectivity index (χ4v) is 1.30. The first kappa shape index (κ1) is 13.9. The van der Waals surface area contributed by atoms with Crippen molar-refractivity contribution in [2.45, 2.75) is 13.0 Å². The molecule has 0 aromatic carbocycles. The molecular formula is C11H14F2N4O. The van der Waals surface area contributed by atoms with Gasteiger partial charge in [-0.3, -0.25) is 0 Å². The van der Waals surface area contributed by atoms with Crippen LogP contribution in [0.3, 0.4) is 0 Å². The lowest BCUT2D eigenvalue weighted by molar-refractivity contribution is 0.387. The van der Waals surface area contributed by atoms with Crippen LogP contribution in [-0.2, 0) is 0 Å². The van der Waals surface area contributed by atoms with Crippen molar-refractivity contribution in [3.8, 4) is 5.88 Å². The van der Waals surface area contributed by atoms with Crippen molar-refractivity contribution in [2.75, 3.05) is 7.11 Å². The minimum Gasteiger partial charge on any atom is -0.481 e. The van der Waals surface area contributed by atoms with Crippen molar-refractivity contribution in [3.63, 3.8) is 0 Å². The molecule has 0 saturated heterocycles. The highest BCUT2D eigenvalue weighted by Crippen LogP contribution is 2.26. The van der Waals surface area contributed by atoms with Gasteiger partial charge in [0.1, 0.15) is 11.5 Å². The average molecular weight is 256 g/mol. The van der Waals surface area contributed by atoms with E-state index in [1.54, 1.807) is 6.92 Å². The van der Waals surface area contributed by atoms with Crippen LogP contribution in [0, 0.1) is 5.82 Å². The summed E-state index contributed by atoms with van der Waals surface area (Å²) in [4.78, 5) is 7.39. The summed E-state index contributed by atoms with van der Waals surface area (Å²) in [7, 11) is 1.38. The maximum atomic E-state index is 13.4. The van der Waals surface area contributed by atoms with Gasteiger partial charge in [-0.15, -0.1) is 0 Å². The monoisotopic (exact) mass is 256 g/mol. The second-order valence-electron chi connectivity index (χ2n) is 3.47. The normalized spacial score (nSPS) is 14.4. The van der Waals surface area contributed by atoms with Gasteiger partial charge in [0.25, 0.3) is 0 Å². The molecule has 0 unspecified atom stereocenters. The SMILES string of the molecule is COc1ncc(F)cc1[C@H](C)N=C(F)/C(N)=C\N. The lowest BCUT2D eigenvalue weighted by Gasteiger charge is -2.11. The molecule has 1 rings (SSSR count). The van der Waals surface area contributed by atoms with E-state index in [-0.39, 0.29) is 11.6 Å². The van der Waals surface area contributed by atoms with E-state index < -0.39 is 17.8 Å². The van der Waals surface area contributed by atoms with Crippen molar-refractivity contribution in [1.82, 2.24) is 4.98 Å². The van der Waals surface area contributed by atoms with Gasteiger partial charge >= 0.3 is 0 Å². The van der Waals surface area contributed by atoms with Crippen molar-refractivity contribution in [1.29, 1.82) is 0 Å². The summed E-state index contributed by atoms with van der Waals surface area (Å²) in [5, 5.41) is 0. The Morgan fingerprint density at radius 2 is 2.28 bits per heavy atom. The summed E-state index contributed by atoms with van der Waals surface area (Å²) in [5.41, 5.74) is 10.3. The standard InChI is InChI=1S/C11H14F2N4O/c1-6(17-10(13)9(15)4-14)8-3-7(12)5-16-11(8)18-2/h3-6H,14-15H2,1-2H3/b9-4+,17-10?/t6-/m0/s1. The molecule has 0 aliphatic heterocycles. The first-order valence-electron chi connectivity index (χ1n) is 5.10. The van der Waals surface area contributed by atoms with Gasteiger partial charge in [0.15, 0.2) is 0 Å². The van der Waals surface area contributed by atoms with E-state index in [0.717, 1.165) is 12.4 Å². The lowest BCUT2D eigenvalue weighted by atomic mass is 10.1. The molecule has 0 radical (unpaired) electrons. The number of hydrogen-bond acceptors (Lipinski definition) is 5. The topological polar surface area (TPSA) is 86.5 Å². The average Bonchev–Trinajstić information content (AvgIpc) is 2.37. The number of aromatic nitrogens is 1. The van der Waals surface area contributed by atoms with E-state index in [9.17, 15) is 8.78 Å². The smallest absolute Gasteiger partial charge is 0.233 e. The highest BCUT2D eigenvalue weighted by Gasteiger charge is 2.14. The van der Waals surface area contributed by atoms with Crippen molar-refractivity contribution < 1.29 is 13.5 Å². The molecular weight excluding hydrogens is 242 g/mol. The number of ether oxygens (including phenoxy) is 1. The van der Waals surface area contributed by atoms with E-state index in [0.29, 0.717) is 5.56 Å². The number of hydrogen-bond donors (Lipinski definition) is 2. The first-order valence-corrected chi connectivity index (χ1v) is 5.10. The molecule has 0 saturated carbocycles. The molecule has 98 valence electrons. The van der Waals surface area contributed by atoms with Gasteiger partial charge in [0.05, 0.1) is 19.3 Å². The molecule has 0 aliphatic carbocycles. The minimum absolute atomic E-state index is 0.177. The van der Waals surface area contributed by atoms with Gasteiger partial charge in [-0.1, -0.05) is 0 Å². The number of aliphatic imine (C=N–C) groups is 1. The van der Waals surface area contributed by atoms with Gasteiger partial charge in [-0.05, 0) is 13.0 Å². The molecule has 0 bridgehead atoms. The Balaban J connectivity index is 3.11. The van der Waals surface area contributed by atoms with Gasteiger partial charge in [-0.2, -0.15) is 4.39 Å². The summed E-state index contributed by atoms with van der Waals surface area (Å²) in [6, 6.07) is 0.469. The Morgan fingerprint density at radius 3 is 2.83 bits per heavy atom. The molecule has 0 spiro atoms. The number of allylic oxidation sites excluding steroid dienone is 1. The molecule has 1 heterocycles. The molecule has 0 aliphatic rings. The van der Waals surface area contributed by atoms with E-state index in [4.69, 9.17) is 16.2 Å². The molecule has 4 N–H and O–H groups in total. The third-order valence-electron chi connectivity index (χ3n) is 2.21. The Morgan fingerprint density at radius 1 is 1.61 bits per heavy atom. The molecule has 1 aromatic rings. The maximum absolute atomic E-state index is 13.4. The van der Waals surface area contributed by atoms with Crippen molar-refractivity contribution in [2.24, 2.45) is 16.5 Å². The van der Waals surface area contributed by atoms with E-state index >= 15 is 0 Å². The maximum Gasteiger partial charge on any atom is 0.233 e. The van der Waals surface area contributed by atoms with E-state index in [1.807, 2.05) is 0 Å². The van der Waals surface area contributed by atoms with Crippen LogP contribution in [0.2, 0.25) is 0 Å². The van der Waals surface area contributed by atoms with Crippen LogP contribution < -0.4 is 16.2 Å². The number of pyridine rings is 1. The summed E-state index contributed by atoms with van der Waals surface area (Å²) >= 11 is 0. The summed E-state index contributed by atoms with van der Waals surface area (Å²) in [6.07, 6.45) is 1.90. The number of methoxy groups -OCH3 is 1. The van der Waals surface area contributed by atoms with Crippen molar-refractivity contribution in [3.05, 3.63) is 35.5 Å². The van der Waals surface area contributed by atoms with Crippen molar-refractivity contribution >= 4 is 5.97 Å². The van der Waals surface area contributed by atoms with E-state index in [1.165, 1.54) is 13.2 Å². The fourth-order valence-electron chi connectivity index (χ4n) is 1.30. The van der Waals surface area contributed by atoms with Crippen LogP contribution in [0.5, 0.6) is 5.88 Å². The van der Waals surface area contributed by atoms with Crippen LogP contribution in [0.25, 0.3) is 0 Å². The molecule has 0 fully saturated rings. The zero-order valence-electron chi connectivity index (χ0n) is 10.0.